The van der Waals surface area contributed by atoms with Gasteiger partial charge in [-0.25, -0.2) is 4.79 Å². The van der Waals surface area contributed by atoms with Crippen LogP contribution in [0.2, 0.25) is 0 Å². The molecule has 1 aliphatic rings. The Morgan fingerprint density at radius 2 is 2.33 bits per heavy atom. The van der Waals surface area contributed by atoms with Crippen molar-refractivity contribution in [1.29, 1.82) is 0 Å². The van der Waals surface area contributed by atoms with Crippen molar-refractivity contribution in [2.24, 2.45) is 0 Å². The van der Waals surface area contributed by atoms with Gasteiger partial charge in [-0.2, -0.15) is 0 Å². The maximum atomic E-state index is 11.7. The van der Waals surface area contributed by atoms with Crippen LogP contribution < -0.4 is 0 Å². The molecule has 1 aliphatic heterocycles. The van der Waals surface area contributed by atoms with Crippen molar-refractivity contribution >= 4 is 23.0 Å². The van der Waals surface area contributed by atoms with E-state index in [9.17, 15) is 9.59 Å². The van der Waals surface area contributed by atoms with E-state index in [4.69, 9.17) is 9.15 Å². The van der Waals surface area contributed by atoms with E-state index in [1.54, 1.807) is 23.1 Å². The zero-order chi connectivity index (χ0) is 12.5. The third kappa shape index (κ3) is 1.92. The second-order valence-corrected chi connectivity index (χ2v) is 4.38. The fourth-order valence-electron chi connectivity index (χ4n) is 2.21. The Morgan fingerprint density at radius 1 is 1.44 bits per heavy atom. The summed E-state index contributed by atoms with van der Waals surface area (Å²) in [4.78, 5) is 24.8. The highest BCUT2D eigenvalue weighted by Crippen LogP contribution is 2.22. The van der Waals surface area contributed by atoms with Gasteiger partial charge in [0.2, 0.25) is 5.91 Å². The number of likely N-dealkylation sites (tertiary alicyclic amines) is 1. The minimum atomic E-state index is -0.393. The van der Waals surface area contributed by atoms with Gasteiger partial charge in [0.05, 0.1) is 6.54 Å². The van der Waals surface area contributed by atoms with Crippen LogP contribution in [0.1, 0.15) is 23.2 Å². The number of benzene rings is 1. The molecule has 0 spiro atoms. The molecule has 0 atom stereocenters. The maximum absolute atomic E-state index is 11.7. The monoisotopic (exact) mass is 247 g/mol. The average Bonchev–Trinajstić information content (AvgIpc) is 3.06. The number of ether oxygens (including phenoxy) is 1. The van der Waals surface area contributed by atoms with Crippen LogP contribution in [0, 0.1) is 0 Å². The molecule has 0 N–H and O–H groups in total. The molecule has 0 unspecified atom stereocenters. The molecule has 2 aromatic rings. The van der Waals surface area contributed by atoms with Gasteiger partial charge in [0.1, 0.15) is 23.3 Å². The number of carbonyl (C=O) groups excluding carboxylic acids is 2. The van der Waals surface area contributed by atoms with Gasteiger partial charge in [-0.3, -0.25) is 4.79 Å². The fraction of sp³-hybridized carbons (Fsp3) is 0.385. The van der Waals surface area contributed by atoms with Crippen molar-refractivity contribution in [2.75, 3.05) is 19.7 Å². The summed E-state index contributed by atoms with van der Waals surface area (Å²) in [5.74, 6) is -0.252. The standard InChI is InChI=1S/C13H13NO4/c15-12-2-1-5-14(12)6-7-17-13(16)10-8-9-3-4-11(10)18-9/h3-4,8H,1-2,5-7H2. The highest BCUT2D eigenvalue weighted by Gasteiger charge is 2.21. The van der Waals surface area contributed by atoms with E-state index in [2.05, 4.69) is 0 Å². The number of carbonyl (C=O) groups is 2. The van der Waals surface area contributed by atoms with Crippen LogP contribution in [0.5, 0.6) is 0 Å². The van der Waals surface area contributed by atoms with Crippen LogP contribution >= 0.6 is 0 Å². The summed E-state index contributed by atoms with van der Waals surface area (Å²) in [6.07, 6.45) is 1.50. The molecule has 1 amide bonds. The van der Waals surface area contributed by atoms with Crippen molar-refractivity contribution < 1.29 is 18.7 Å². The van der Waals surface area contributed by atoms with Crippen LogP contribution in [-0.4, -0.2) is 36.5 Å². The van der Waals surface area contributed by atoms with Crippen molar-refractivity contribution in [3.63, 3.8) is 0 Å². The Kier molecular flexibility index (Phi) is 2.66. The predicted octanol–water partition coefficient (Wildman–Crippen LogP) is 1.65. The number of fused-ring (bicyclic) bond motifs is 2. The molecule has 0 saturated carbocycles. The van der Waals surface area contributed by atoms with Gasteiger partial charge in [-0.15, -0.1) is 0 Å². The number of hydrogen-bond donors (Lipinski definition) is 0. The lowest BCUT2D eigenvalue weighted by molar-refractivity contribution is -0.128. The first-order valence-corrected chi connectivity index (χ1v) is 6.01. The van der Waals surface area contributed by atoms with Crippen molar-refractivity contribution in [3.8, 4) is 0 Å². The molecule has 0 radical (unpaired) electrons. The second kappa shape index (κ2) is 4.33. The molecule has 1 fully saturated rings. The van der Waals surface area contributed by atoms with Gasteiger partial charge in [-0.1, -0.05) is 0 Å². The summed E-state index contributed by atoms with van der Waals surface area (Å²) in [6, 6.07) is 5.21. The lowest BCUT2D eigenvalue weighted by atomic mass is 10.2. The van der Waals surface area contributed by atoms with Crippen LogP contribution in [0.3, 0.4) is 0 Å². The van der Waals surface area contributed by atoms with Gasteiger partial charge < -0.3 is 14.1 Å². The largest absolute Gasteiger partial charge is 0.460 e. The third-order valence-corrected chi connectivity index (χ3v) is 3.16. The van der Waals surface area contributed by atoms with Gasteiger partial charge in [0, 0.05) is 13.0 Å². The first-order valence-electron chi connectivity index (χ1n) is 6.01. The maximum Gasteiger partial charge on any atom is 0.342 e. The van der Waals surface area contributed by atoms with E-state index in [0.29, 0.717) is 29.7 Å². The Morgan fingerprint density at radius 3 is 2.94 bits per heavy atom. The lowest BCUT2D eigenvalue weighted by Crippen LogP contribution is -2.29. The topological polar surface area (TPSA) is 59.8 Å². The van der Waals surface area contributed by atoms with Gasteiger partial charge in [-0.05, 0) is 24.6 Å². The molecule has 5 nitrogen and oxygen atoms in total. The van der Waals surface area contributed by atoms with E-state index in [-0.39, 0.29) is 12.5 Å². The van der Waals surface area contributed by atoms with E-state index >= 15 is 0 Å². The smallest absolute Gasteiger partial charge is 0.342 e. The lowest BCUT2D eigenvalue weighted by Gasteiger charge is -2.14. The molecule has 94 valence electrons. The number of rotatable bonds is 4. The number of nitrogens with zero attached hydrogens (tertiary/aromatic N) is 1. The van der Waals surface area contributed by atoms with Crippen LogP contribution in [0.15, 0.2) is 22.6 Å². The predicted molar refractivity (Wildman–Crippen MR) is 63.5 cm³/mol. The Labute approximate surface area is 104 Å². The number of hydrogen-bond acceptors (Lipinski definition) is 4. The van der Waals surface area contributed by atoms with Crippen LogP contribution in [0.4, 0.5) is 0 Å². The Balaban J connectivity index is 1.52. The SMILES string of the molecule is O=C(OCCN1CCCC1=O)c1cc2ccc1o2. The molecule has 5 heteroatoms. The zero-order valence-corrected chi connectivity index (χ0v) is 9.85. The van der Waals surface area contributed by atoms with Crippen molar-refractivity contribution in [3.05, 3.63) is 23.8 Å². The first-order chi connectivity index (χ1) is 8.74. The second-order valence-electron chi connectivity index (χ2n) is 4.38. The van der Waals surface area contributed by atoms with Crippen molar-refractivity contribution in [2.45, 2.75) is 12.8 Å². The van der Waals surface area contributed by atoms with E-state index in [1.165, 1.54) is 0 Å². The van der Waals surface area contributed by atoms with Gasteiger partial charge in [0.15, 0.2) is 0 Å². The van der Waals surface area contributed by atoms with Crippen molar-refractivity contribution in [1.82, 2.24) is 4.90 Å². The molecule has 18 heavy (non-hydrogen) atoms. The quantitative estimate of drug-likeness (QED) is 0.771. The molecule has 2 aromatic heterocycles. The van der Waals surface area contributed by atoms with E-state index in [0.717, 1.165) is 13.0 Å². The molecular formula is C13H13NO4. The molecule has 3 heterocycles. The summed E-state index contributed by atoms with van der Waals surface area (Å²) in [5.41, 5.74) is 1.68. The third-order valence-electron chi connectivity index (χ3n) is 3.16. The number of esters is 1. The summed E-state index contributed by atoms with van der Waals surface area (Å²) >= 11 is 0. The van der Waals surface area contributed by atoms with Gasteiger partial charge in [0.25, 0.3) is 0 Å². The molecule has 3 rings (SSSR count). The first kappa shape index (κ1) is 11.1. The van der Waals surface area contributed by atoms with Crippen LogP contribution in [-0.2, 0) is 9.53 Å². The minimum absolute atomic E-state index is 0.140. The molecule has 1 saturated heterocycles. The highest BCUT2D eigenvalue weighted by atomic mass is 16.5. The molecule has 0 aliphatic carbocycles. The number of furan rings is 2. The number of amides is 1. The van der Waals surface area contributed by atoms with E-state index in [1.807, 2.05) is 0 Å². The van der Waals surface area contributed by atoms with Crippen LogP contribution in [0.25, 0.3) is 11.2 Å². The molecule has 2 bridgehead atoms. The summed E-state index contributed by atoms with van der Waals surface area (Å²) in [5, 5.41) is 0. The fourth-order valence-corrected chi connectivity index (χ4v) is 2.21. The zero-order valence-electron chi connectivity index (χ0n) is 9.85. The molecular weight excluding hydrogens is 234 g/mol. The summed E-state index contributed by atoms with van der Waals surface area (Å²) in [7, 11) is 0. The highest BCUT2D eigenvalue weighted by molar-refractivity contribution is 5.99. The normalized spacial score (nSPS) is 15.8. The summed E-state index contributed by atoms with van der Waals surface area (Å²) in [6.45, 7) is 1.47. The Hall–Kier alpha value is -2.04. The molecule has 0 aromatic carbocycles. The summed E-state index contributed by atoms with van der Waals surface area (Å²) < 4.78 is 10.4. The van der Waals surface area contributed by atoms with Gasteiger partial charge >= 0.3 is 5.97 Å². The average molecular weight is 247 g/mol. The van der Waals surface area contributed by atoms with E-state index < -0.39 is 5.97 Å². The minimum Gasteiger partial charge on any atom is -0.460 e. The Bertz CT molecular complexity index is 574.